The lowest BCUT2D eigenvalue weighted by molar-refractivity contribution is -0.109. The second-order valence-electron chi connectivity index (χ2n) is 7.16. The molecule has 2 N–H and O–H groups in total. The zero-order valence-electron chi connectivity index (χ0n) is 15.4. The van der Waals surface area contributed by atoms with Crippen LogP contribution >= 0.6 is 11.8 Å². The summed E-state index contributed by atoms with van der Waals surface area (Å²) in [5, 5.41) is 7.22. The van der Waals surface area contributed by atoms with Crippen molar-refractivity contribution in [3.63, 3.8) is 0 Å². The molecule has 138 valence electrons. The molecule has 0 atom stereocenters. The maximum absolute atomic E-state index is 12.1. The first-order chi connectivity index (χ1) is 12.1. The Labute approximate surface area is 155 Å². The highest BCUT2D eigenvalue weighted by molar-refractivity contribution is 8.13. The smallest absolute Gasteiger partial charge is 0.400 e. The molecule has 1 saturated heterocycles. The number of fused-ring (bicyclic) bond motifs is 1. The summed E-state index contributed by atoms with van der Waals surface area (Å²) in [5.74, 6) is 0.380. The minimum Gasteiger partial charge on any atom is -0.400 e. The maximum Gasteiger partial charge on any atom is 0.491 e. The first-order valence-corrected chi connectivity index (χ1v) is 9.20. The molecule has 0 radical (unpaired) electrons. The molecular formula is C16H21BN4O4S. The van der Waals surface area contributed by atoms with E-state index in [1.165, 1.54) is 13.3 Å². The Kier molecular flexibility index (Phi) is 4.85. The summed E-state index contributed by atoms with van der Waals surface area (Å²) in [4.78, 5) is 30.2. The van der Waals surface area contributed by atoms with E-state index in [1.54, 1.807) is 6.08 Å². The number of carbonyl (C=O) groups excluding carboxylic acids is 1. The van der Waals surface area contributed by atoms with Gasteiger partial charge in [-0.05, 0) is 39.2 Å². The summed E-state index contributed by atoms with van der Waals surface area (Å²) >= 11 is 1.15. The number of aromatic nitrogens is 4. The Bertz CT molecular complexity index is 918. The molecule has 1 aliphatic rings. The number of carbonyl (C=O) groups is 1. The third kappa shape index (κ3) is 3.49. The molecule has 8 nitrogen and oxygen atoms in total. The van der Waals surface area contributed by atoms with Crippen LogP contribution in [0.3, 0.4) is 0 Å². The summed E-state index contributed by atoms with van der Waals surface area (Å²) in [7, 11) is -0.624. The molecule has 3 rings (SSSR count). The fourth-order valence-corrected chi connectivity index (χ4v) is 3.12. The molecule has 2 aromatic heterocycles. The number of aromatic amines is 2. The molecule has 1 aliphatic heterocycles. The minimum atomic E-state index is -0.624. The van der Waals surface area contributed by atoms with Crippen LogP contribution in [0.1, 0.15) is 40.3 Å². The molecule has 0 spiro atoms. The molecule has 0 bridgehead atoms. The van der Waals surface area contributed by atoms with Crippen molar-refractivity contribution in [1.29, 1.82) is 0 Å². The van der Waals surface area contributed by atoms with E-state index in [4.69, 9.17) is 9.31 Å². The number of hydrogen-bond donors (Lipinski definition) is 2. The van der Waals surface area contributed by atoms with Gasteiger partial charge in [0.2, 0.25) is 0 Å². The first-order valence-electron chi connectivity index (χ1n) is 8.22. The maximum atomic E-state index is 12.1. The van der Waals surface area contributed by atoms with Crippen molar-refractivity contribution in [2.45, 2.75) is 45.8 Å². The fourth-order valence-electron chi connectivity index (χ4n) is 2.53. The van der Waals surface area contributed by atoms with E-state index in [9.17, 15) is 9.59 Å². The van der Waals surface area contributed by atoms with Gasteiger partial charge in [-0.3, -0.25) is 14.7 Å². The predicted octanol–water partition coefficient (Wildman–Crippen LogP) is 1.94. The minimum absolute atomic E-state index is 0.0126. The van der Waals surface area contributed by atoms with Gasteiger partial charge in [-0.25, -0.2) is 4.98 Å². The third-order valence-corrected chi connectivity index (χ3v) is 5.60. The standard InChI is InChI=1S/C16H21BN4O4S/c1-9(22)26-7-10(17-24-15(2,3)16(4,5)25-17)6-11-12-13(21-20-11)18-8-19-14(12)23/h6,8H,7H2,1-5H3,(H2,18,19,20,21,23). The molecule has 0 aromatic carbocycles. The Balaban J connectivity index is 2.02. The summed E-state index contributed by atoms with van der Waals surface area (Å²) in [5.41, 5.74) is 0.260. The van der Waals surface area contributed by atoms with Crippen molar-refractivity contribution in [3.05, 3.63) is 27.8 Å². The number of H-pyrrole nitrogens is 2. The van der Waals surface area contributed by atoms with Gasteiger partial charge in [0.05, 0.1) is 23.2 Å². The van der Waals surface area contributed by atoms with E-state index < -0.39 is 18.3 Å². The second-order valence-corrected chi connectivity index (χ2v) is 8.31. The largest absolute Gasteiger partial charge is 0.491 e. The van der Waals surface area contributed by atoms with Crippen LogP contribution in [0, 0.1) is 0 Å². The fraction of sp³-hybridized carbons (Fsp3) is 0.500. The normalized spacial score (nSPS) is 19.3. The lowest BCUT2D eigenvalue weighted by Crippen LogP contribution is -2.41. The lowest BCUT2D eigenvalue weighted by atomic mass is 9.78. The van der Waals surface area contributed by atoms with Crippen LogP contribution in [-0.2, 0) is 14.1 Å². The van der Waals surface area contributed by atoms with Crippen molar-refractivity contribution < 1.29 is 14.1 Å². The Morgan fingerprint density at radius 2 is 1.96 bits per heavy atom. The SMILES string of the molecule is CC(=O)SCC(=Cc1[nH]nc2nc[nH]c(=O)c12)B1OC(C)(C)C(C)(C)O1. The molecule has 0 aliphatic carbocycles. The molecule has 0 unspecified atom stereocenters. The van der Waals surface area contributed by atoms with E-state index in [0.29, 0.717) is 22.5 Å². The van der Waals surface area contributed by atoms with Crippen molar-refractivity contribution >= 4 is 41.1 Å². The summed E-state index contributed by atoms with van der Waals surface area (Å²) in [6.45, 7) is 9.35. The van der Waals surface area contributed by atoms with Crippen LogP contribution in [0.15, 0.2) is 16.6 Å². The van der Waals surface area contributed by atoms with Crippen LogP contribution in [0.2, 0.25) is 0 Å². The van der Waals surface area contributed by atoms with Crippen LogP contribution in [0.4, 0.5) is 0 Å². The summed E-state index contributed by atoms with van der Waals surface area (Å²) in [6.07, 6.45) is 3.06. The van der Waals surface area contributed by atoms with Gasteiger partial charge in [0.1, 0.15) is 5.39 Å². The lowest BCUT2D eigenvalue weighted by Gasteiger charge is -2.32. The van der Waals surface area contributed by atoms with Crippen LogP contribution in [0.5, 0.6) is 0 Å². The molecule has 1 fully saturated rings. The van der Waals surface area contributed by atoms with Crippen molar-refractivity contribution in [1.82, 2.24) is 20.2 Å². The molecule has 0 amide bonds. The van der Waals surface area contributed by atoms with E-state index in [-0.39, 0.29) is 10.7 Å². The molecule has 26 heavy (non-hydrogen) atoms. The average molecular weight is 376 g/mol. The number of hydrogen-bond acceptors (Lipinski definition) is 7. The Morgan fingerprint density at radius 1 is 1.31 bits per heavy atom. The van der Waals surface area contributed by atoms with Gasteiger partial charge in [0.15, 0.2) is 10.8 Å². The first kappa shape index (κ1) is 18.9. The average Bonchev–Trinajstić information content (AvgIpc) is 3.03. The number of nitrogens with one attached hydrogen (secondary N) is 2. The van der Waals surface area contributed by atoms with Gasteiger partial charge in [-0.1, -0.05) is 11.8 Å². The van der Waals surface area contributed by atoms with Crippen LogP contribution in [-0.4, -0.2) is 49.4 Å². The highest BCUT2D eigenvalue weighted by Gasteiger charge is 2.52. The molecule has 0 saturated carbocycles. The van der Waals surface area contributed by atoms with E-state index >= 15 is 0 Å². The molecule has 10 heteroatoms. The van der Waals surface area contributed by atoms with Crippen molar-refractivity contribution in [2.75, 3.05) is 5.75 Å². The zero-order chi connectivity index (χ0) is 19.1. The molecule has 2 aromatic rings. The zero-order valence-corrected chi connectivity index (χ0v) is 16.2. The van der Waals surface area contributed by atoms with Gasteiger partial charge >= 0.3 is 7.12 Å². The summed E-state index contributed by atoms with van der Waals surface area (Å²) < 4.78 is 12.2. The topological polar surface area (TPSA) is 110 Å². The predicted molar refractivity (Wildman–Crippen MR) is 102 cm³/mol. The van der Waals surface area contributed by atoms with Gasteiger partial charge in [-0.15, -0.1) is 0 Å². The number of thioether (sulfide) groups is 1. The Hall–Kier alpha value is -1.91. The van der Waals surface area contributed by atoms with E-state index in [0.717, 1.165) is 17.2 Å². The van der Waals surface area contributed by atoms with Crippen LogP contribution < -0.4 is 5.56 Å². The van der Waals surface area contributed by atoms with E-state index in [1.807, 2.05) is 27.7 Å². The third-order valence-electron chi connectivity index (χ3n) is 4.71. The van der Waals surface area contributed by atoms with Gasteiger partial charge < -0.3 is 14.3 Å². The van der Waals surface area contributed by atoms with Gasteiger partial charge in [-0.2, -0.15) is 5.10 Å². The summed E-state index contributed by atoms with van der Waals surface area (Å²) in [6, 6.07) is 0. The number of rotatable bonds is 4. The van der Waals surface area contributed by atoms with Crippen molar-refractivity contribution in [3.8, 4) is 0 Å². The number of nitrogens with zero attached hydrogens (tertiary/aromatic N) is 2. The second kappa shape index (κ2) is 6.68. The Morgan fingerprint density at radius 3 is 2.58 bits per heavy atom. The highest BCUT2D eigenvalue weighted by Crippen LogP contribution is 2.39. The molecule has 3 heterocycles. The van der Waals surface area contributed by atoms with E-state index in [2.05, 4.69) is 20.2 Å². The van der Waals surface area contributed by atoms with Crippen LogP contribution in [0.25, 0.3) is 17.1 Å². The van der Waals surface area contributed by atoms with Gasteiger partial charge in [0.25, 0.3) is 5.56 Å². The van der Waals surface area contributed by atoms with Gasteiger partial charge in [0, 0.05) is 12.7 Å². The monoisotopic (exact) mass is 376 g/mol. The quantitative estimate of drug-likeness (QED) is 0.785. The van der Waals surface area contributed by atoms with Crippen molar-refractivity contribution in [2.24, 2.45) is 0 Å². The highest BCUT2D eigenvalue weighted by atomic mass is 32.2. The molecular weight excluding hydrogens is 355 g/mol.